The summed E-state index contributed by atoms with van der Waals surface area (Å²) in [4.78, 5) is 0. The molecule has 0 amide bonds. The van der Waals surface area contributed by atoms with Crippen LogP contribution in [0.4, 0.5) is 0 Å². The van der Waals surface area contributed by atoms with E-state index in [1.165, 1.54) is 44.9 Å². The molecule has 1 nitrogen and oxygen atoms in total. The number of nitrogens with one attached hydrogen (secondary N) is 1. The average Bonchev–Trinajstić information content (AvgIpc) is 2.30. The highest BCUT2D eigenvalue weighted by molar-refractivity contribution is 4.94. The maximum atomic E-state index is 3.89. The van der Waals surface area contributed by atoms with E-state index in [1.54, 1.807) is 0 Å². The van der Waals surface area contributed by atoms with E-state index in [0.717, 1.165) is 23.9 Å². The van der Waals surface area contributed by atoms with Crippen LogP contribution in [0.1, 0.15) is 58.8 Å². The largest absolute Gasteiger partial charge is 0.311 e. The first-order valence-corrected chi connectivity index (χ1v) is 7.16. The molecule has 0 aromatic rings. The molecule has 0 aromatic heterocycles. The third-order valence-electron chi connectivity index (χ3n) is 4.40. The van der Waals surface area contributed by atoms with Gasteiger partial charge in [0, 0.05) is 12.1 Å². The molecule has 2 aliphatic carbocycles. The minimum absolute atomic E-state index is 0.765. The van der Waals surface area contributed by atoms with Crippen LogP contribution in [-0.4, -0.2) is 12.1 Å². The topological polar surface area (TPSA) is 12.0 Å². The van der Waals surface area contributed by atoms with Crippen molar-refractivity contribution in [1.29, 1.82) is 0 Å². The minimum Gasteiger partial charge on any atom is -0.311 e. The van der Waals surface area contributed by atoms with Gasteiger partial charge in [0.25, 0.3) is 0 Å². The molecule has 2 aliphatic rings. The first-order valence-electron chi connectivity index (χ1n) is 7.16. The number of allylic oxidation sites excluding steroid dienone is 1. The summed E-state index contributed by atoms with van der Waals surface area (Å²) in [5, 5.41) is 3.89. The number of hydrogen-bond donors (Lipinski definition) is 1. The van der Waals surface area contributed by atoms with Gasteiger partial charge in [0.15, 0.2) is 0 Å². The van der Waals surface area contributed by atoms with E-state index in [2.05, 4.69) is 31.3 Å². The molecule has 3 atom stereocenters. The lowest BCUT2D eigenvalue weighted by atomic mass is 9.79. The van der Waals surface area contributed by atoms with Crippen LogP contribution in [0.25, 0.3) is 0 Å². The standard InChI is InChI=1S/C15H27N/c1-12(2)13-7-6-10-15(11-13)16-14-8-4-3-5-9-14/h3-4,12-16H,5-11H2,1-2H3. The Morgan fingerprint density at radius 3 is 2.62 bits per heavy atom. The second-order valence-corrected chi connectivity index (χ2v) is 6.02. The van der Waals surface area contributed by atoms with E-state index in [-0.39, 0.29) is 0 Å². The van der Waals surface area contributed by atoms with Gasteiger partial charge in [0.05, 0.1) is 0 Å². The fourth-order valence-corrected chi connectivity index (χ4v) is 3.26. The second-order valence-electron chi connectivity index (χ2n) is 6.02. The first kappa shape index (κ1) is 12.2. The van der Waals surface area contributed by atoms with Crippen molar-refractivity contribution in [2.75, 3.05) is 0 Å². The zero-order valence-electron chi connectivity index (χ0n) is 10.9. The zero-order valence-corrected chi connectivity index (χ0v) is 10.9. The fraction of sp³-hybridized carbons (Fsp3) is 0.867. The van der Waals surface area contributed by atoms with E-state index >= 15 is 0 Å². The summed E-state index contributed by atoms with van der Waals surface area (Å²) in [5.41, 5.74) is 0. The third kappa shape index (κ3) is 3.35. The van der Waals surface area contributed by atoms with Crippen LogP contribution in [-0.2, 0) is 0 Å². The Labute approximate surface area is 101 Å². The quantitative estimate of drug-likeness (QED) is 0.713. The lowest BCUT2D eigenvalue weighted by molar-refractivity contribution is 0.217. The van der Waals surface area contributed by atoms with Crippen molar-refractivity contribution in [2.45, 2.75) is 70.9 Å². The predicted octanol–water partition coefficient (Wildman–Crippen LogP) is 3.90. The molecule has 1 fully saturated rings. The Kier molecular flexibility index (Phi) is 4.45. The molecule has 16 heavy (non-hydrogen) atoms. The van der Waals surface area contributed by atoms with E-state index in [1.807, 2.05) is 0 Å². The summed E-state index contributed by atoms with van der Waals surface area (Å²) in [6.45, 7) is 4.77. The van der Waals surface area contributed by atoms with E-state index < -0.39 is 0 Å². The van der Waals surface area contributed by atoms with Crippen LogP contribution in [0.15, 0.2) is 12.2 Å². The van der Waals surface area contributed by atoms with Crippen molar-refractivity contribution in [3.05, 3.63) is 12.2 Å². The minimum atomic E-state index is 0.765. The first-order chi connectivity index (χ1) is 7.75. The molecular formula is C15H27N. The van der Waals surface area contributed by atoms with Crippen LogP contribution in [0.3, 0.4) is 0 Å². The van der Waals surface area contributed by atoms with E-state index in [4.69, 9.17) is 0 Å². The normalized spacial score (nSPS) is 35.6. The highest BCUT2D eigenvalue weighted by Crippen LogP contribution is 2.30. The van der Waals surface area contributed by atoms with Crippen LogP contribution < -0.4 is 5.32 Å². The smallest absolute Gasteiger partial charge is 0.0107 e. The van der Waals surface area contributed by atoms with Crippen LogP contribution >= 0.6 is 0 Å². The summed E-state index contributed by atoms with van der Waals surface area (Å²) in [7, 11) is 0. The van der Waals surface area contributed by atoms with E-state index in [9.17, 15) is 0 Å². The lowest BCUT2D eigenvalue weighted by Gasteiger charge is -2.35. The molecule has 3 unspecified atom stereocenters. The van der Waals surface area contributed by atoms with Crippen LogP contribution in [0.5, 0.6) is 0 Å². The Balaban J connectivity index is 1.78. The molecule has 0 aromatic carbocycles. The van der Waals surface area contributed by atoms with Gasteiger partial charge < -0.3 is 5.32 Å². The van der Waals surface area contributed by atoms with Crippen molar-refractivity contribution in [2.24, 2.45) is 11.8 Å². The van der Waals surface area contributed by atoms with Crippen molar-refractivity contribution in [3.63, 3.8) is 0 Å². The highest BCUT2D eigenvalue weighted by atomic mass is 15.0. The van der Waals surface area contributed by atoms with Crippen molar-refractivity contribution in [1.82, 2.24) is 5.32 Å². The summed E-state index contributed by atoms with van der Waals surface area (Å²) >= 11 is 0. The van der Waals surface area contributed by atoms with Gasteiger partial charge in [0.1, 0.15) is 0 Å². The zero-order chi connectivity index (χ0) is 11.4. The molecule has 0 radical (unpaired) electrons. The SMILES string of the molecule is CC(C)C1CCCC(NC2CC=CCC2)C1. The Morgan fingerprint density at radius 2 is 1.94 bits per heavy atom. The third-order valence-corrected chi connectivity index (χ3v) is 4.40. The van der Waals surface area contributed by atoms with Crippen LogP contribution in [0.2, 0.25) is 0 Å². The summed E-state index contributed by atoms with van der Waals surface area (Å²) in [6, 6.07) is 1.57. The lowest BCUT2D eigenvalue weighted by Crippen LogP contribution is -2.42. The van der Waals surface area contributed by atoms with Crippen molar-refractivity contribution in [3.8, 4) is 0 Å². The maximum absolute atomic E-state index is 3.89. The predicted molar refractivity (Wildman–Crippen MR) is 70.5 cm³/mol. The molecular weight excluding hydrogens is 194 g/mol. The van der Waals surface area contributed by atoms with Gasteiger partial charge in [0.2, 0.25) is 0 Å². The molecule has 1 saturated carbocycles. The Bertz CT molecular complexity index is 232. The maximum Gasteiger partial charge on any atom is 0.0107 e. The van der Waals surface area contributed by atoms with Gasteiger partial charge >= 0.3 is 0 Å². The van der Waals surface area contributed by atoms with Crippen molar-refractivity contribution < 1.29 is 0 Å². The van der Waals surface area contributed by atoms with Gasteiger partial charge in [-0.2, -0.15) is 0 Å². The van der Waals surface area contributed by atoms with Gasteiger partial charge in [-0.1, -0.05) is 38.8 Å². The molecule has 0 aliphatic heterocycles. The summed E-state index contributed by atoms with van der Waals surface area (Å²) in [5.74, 6) is 1.83. The highest BCUT2D eigenvalue weighted by Gasteiger charge is 2.25. The molecule has 1 heteroatoms. The van der Waals surface area contributed by atoms with Gasteiger partial charge in [-0.15, -0.1) is 0 Å². The fourth-order valence-electron chi connectivity index (χ4n) is 3.26. The van der Waals surface area contributed by atoms with Gasteiger partial charge in [-0.25, -0.2) is 0 Å². The monoisotopic (exact) mass is 221 g/mol. The summed E-state index contributed by atoms with van der Waals surface area (Å²) < 4.78 is 0. The Morgan fingerprint density at radius 1 is 1.06 bits per heavy atom. The average molecular weight is 221 g/mol. The number of hydrogen-bond acceptors (Lipinski definition) is 1. The molecule has 2 rings (SSSR count). The molecule has 0 bridgehead atoms. The van der Waals surface area contributed by atoms with E-state index in [0.29, 0.717) is 0 Å². The molecule has 0 heterocycles. The molecule has 0 spiro atoms. The number of rotatable bonds is 3. The molecule has 1 N–H and O–H groups in total. The van der Waals surface area contributed by atoms with Gasteiger partial charge in [-0.3, -0.25) is 0 Å². The van der Waals surface area contributed by atoms with Crippen molar-refractivity contribution >= 4 is 0 Å². The Hall–Kier alpha value is -0.300. The molecule has 92 valence electrons. The molecule has 0 saturated heterocycles. The summed E-state index contributed by atoms with van der Waals surface area (Å²) in [6.07, 6.45) is 14.3. The second kappa shape index (κ2) is 5.86. The van der Waals surface area contributed by atoms with Crippen LogP contribution in [0, 0.1) is 11.8 Å². The van der Waals surface area contributed by atoms with Gasteiger partial charge in [-0.05, 0) is 43.9 Å².